The van der Waals surface area contributed by atoms with Gasteiger partial charge in [-0.15, -0.1) is 0 Å². The number of nitrogens with zero attached hydrogens (tertiary/aromatic N) is 2. The summed E-state index contributed by atoms with van der Waals surface area (Å²) in [5, 5.41) is 48.7. The van der Waals surface area contributed by atoms with Crippen LogP contribution in [-0.4, -0.2) is 179 Å². The van der Waals surface area contributed by atoms with E-state index in [0.717, 1.165) is 5.56 Å². The van der Waals surface area contributed by atoms with Crippen molar-refractivity contribution in [2.24, 2.45) is 17.8 Å². The molecule has 19 atom stereocenters. The fraction of sp³-hybridized carbons (Fsp3) is 0.833. The number of carbonyl (C=O) groups is 2. The molecule has 16 heteroatoms. The Kier molecular flexibility index (Phi) is 17.3. The predicted octanol–water partition coefficient (Wildman–Crippen LogP) is 3.46. The van der Waals surface area contributed by atoms with Gasteiger partial charge in [-0.1, -0.05) is 51.1 Å². The van der Waals surface area contributed by atoms with Gasteiger partial charge in [0, 0.05) is 38.1 Å². The van der Waals surface area contributed by atoms with Crippen LogP contribution in [0, 0.1) is 17.8 Å². The van der Waals surface area contributed by atoms with Gasteiger partial charge in [0.1, 0.15) is 42.2 Å². The van der Waals surface area contributed by atoms with E-state index in [1.54, 1.807) is 48.5 Å². The van der Waals surface area contributed by atoms with Gasteiger partial charge in [-0.05, 0) is 100 Å². The van der Waals surface area contributed by atoms with Crippen molar-refractivity contribution in [3.8, 4) is 0 Å². The van der Waals surface area contributed by atoms with E-state index in [0.29, 0.717) is 6.42 Å². The van der Waals surface area contributed by atoms with Crippen molar-refractivity contribution in [1.29, 1.82) is 0 Å². The number of ketones is 1. The van der Waals surface area contributed by atoms with Crippen molar-refractivity contribution in [2.45, 2.75) is 197 Å². The summed E-state index contributed by atoms with van der Waals surface area (Å²) < 4.78 is 51.4. The fourth-order valence-corrected chi connectivity index (χ4v) is 10.7. The molecule has 0 aliphatic carbocycles. The topological polar surface area (TPSA) is 195 Å². The lowest BCUT2D eigenvalue weighted by Gasteiger charge is -2.56. The van der Waals surface area contributed by atoms with Gasteiger partial charge in [0.2, 0.25) is 0 Å². The second-order valence-electron chi connectivity index (χ2n) is 20.3. The Labute approximate surface area is 381 Å². The molecule has 1 unspecified atom stereocenters. The number of aliphatic hydroxyl groups excluding tert-OH is 2. The Hall–Kier alpha value is -2.16. The second-order valence-corrected chi connectivity index (χ2v) is 20.3. The van der Waals surface area contributed by atoms with E-state index in [1.807, 2.05) is 82.0 Å². The largest absolute Gasteiger partial charge is 0.459 e. The average molecular weight is 909 g/mol. The van der Waals surface area contributed by atoms with Crippen molar-refractivity contribution in [3.05, 3.63) is 35.9 Å². The highest BCUT2D eigenvalue weighted by atomic mass is 16.7. The number of cyclic esters (lactones) is 1. The molecule has 0 radical (unpaired) electrons. The molecular formula is C48H80N2O14. The normalized spacial score (nSPS) is 45.4. The monoisotopic (exact) mass is 909 g/mol. The first-order chi connectivity index (χ1) is 29.8. The first-order valence-corrected chi connectivity index (χ1v) is 23.2. The summed E-state index contributed by atoms with van der Waals surface area (Å²) in [5.74, 6) is -3.76. The lowest BCUT2D eigenvalue weighted by Crippen LogP contribution is -2.72. The van der Waals surface area contributed by atoms with Gasteiger partial charge >= 0.3 is 5.97 Å². The van der Waals surface area contributed by atoms with E-state index in [-0.39, 0.29) is 57.0 Å². The molecule has 0 amide bonds. The molecule has 4 heterocycles. The van der Waals surface area contributed by atoms with Gasteiger partial charge < -0.3 is 63.2 Å². The molecule has 64 heavy (non-hydrogen) atoms. The van der Waals surface area contributed by atoms with Gasteiger partial charge in [-0.25, -0.2) is 0 Å². The number of methoxy groups -OCH3 is 1. The number of benzene rings is 1. The number of hydrogen-bond donors (Lipinski definition) is 4. The molecule has 5 rings (SSSR count). The van der Waals surface area contributed by atoms with Crippen molar-refractivity contribution in [1.82, 2.24) is 9.80 Å². The summed E-state index contributed by atoms with van der Waals surface area (Å²) in [6.07, 6.45) is -9.09. The number of rotatable bonds is 12. The molecule has 1 aromatic carbocycles. The highest BCUT2D eigenvalue weighted by Crippen LogP contribution is 2.45. The van der Waals surface area contributed by atoms with Crippen LogP contribution in [0.15, 0.2) is 30.3 Å². The number of carbonyl (C=O) groups excluding carboxylic acids is 2. The van der Waals surface area contributed by atoms with E-state index < -0.39 is 107 Å². The maximum Gasteiger partial charge on any atom is 0.311 e. The highest BCUT2D eigenvalue weighted by Gasteiger charge is 2.60. The molecule has 0 aromatic heterocycles. The SMILES string of the molecule is CC[C@H]1OC(=O)[C@H](C)[C@@H](O[C@H]2C[C@@](C)(OC)[C@@H](O)[C@H](C)O2)[C@H](C)[C@@H](O[C@@H]2O[C@H](C)C[C@H](N(C)C)[C@H]2O)[C@](C)(O)C[C@@H](C)C2(C(=O)COCc3ccccc3)CN(C)[C@H](C)[C@@H](O2)[C@]1(C)O. The first-order valence-electron chi connectivity index (χ1n) is 23.2. The van der Waals surface area contributed by atoms with Crippen LogP contribution < -0.4 is 0 Å². The third-order valence-electron chi connectivity index (χ3n) is 15.0. The molecule has 0 spiro atoms. The van der Waals surface area contributed by atoms with Crippen molar-refractivity contribution in [3.63, 3.8) is 0 Å². The molecule has 1 aromatic rings. The third kappa shape index (κ3) is 11.1. The number of aliphatic hydroxyl groups is 4. The van der Waals surface area contributed by atoms with Crippen LogP contribution in [0.1, 0.15) is 100 Å². The molecule has 4 N–H and O–H groups in total. The number of morpholine rings is 1. The van der Waals surface area contributed by atoms with Crippen LogP contribution in [-0.2, 0) is 54.1 Å². The number of Topliss-reactive ketones (excluding diaryl/α,β-unsaturated/α-hetero) is 1. The van der Waals surface area contributed by atoms with Crippen LogP contribution in [0.3, 0.4) is 0 Å². The highest BCUT2D eigenvalue weighted by molar-refractivity contribution is 5.89. The molecule has 4 saturated heterocycles. The summed E-state index contributed by atoms with van der Waals surface area (Å²) in [5.41, 5.74) is -5.49. The zero-order valence-electron chi connectivity index (χ0n) is 40.8. The van der Waals surface area contributed by atoms with E-state index >= 15 is 0 Å². The summed E-state index contributed by atoms with van der Waals surface area (Å²) >= 11 is 0. The quantitative estimate of drug-likeness (QED) is 0.223. The average Bonchev–Trinajstić information content (AvgIpc) is 3.23. The van der Waals surface area contributed by atoms with Gasteiger partial charge in [0.05, 0.1) is 48.1 Å². The summed E-state index contributed by atoms with van der Waals surface area (Å²) in [6.45, 7) is 17.5. The second kappa shape index (κ2) is 21.0. The van der Waals surface area contributed by atoms with Gasteiger partial charge in [0.25, 0.3) is 0 Å². The molecule has 0 saturated carbocycles. The van der Waals surface area contributed by atoms with E-state index in [9.17, 15) is 30.0 Å². The maximum absolute atomic E-state index is 15.0. The first kappa shape index (κ1) is 52.8. The van der Waals surface area contributed by atoms with E-state index in [2.05, 4.69) is 0 Å². The minimum atomic E-state index is -1.84. The van der Waals surface area contributed by atoms with E-state index in [4.69, 9.17) is 37.9 Å². The fourth-order valence-electron chi connectivity index (χ4n) is 10.7. The minimum Gasteiger partial charge on any atom is -0.459 e. The molecule has 366 valence electrons. The third-order valence-corrected chi connectivity index (χ3v) is 15.0. The summed E-state index contributed by atoms with van der Waals surface area (Å²) in [4.78, 5) is 33.5. The molecule has 4 aliphatic heterocycles. The minimum absolute atomic E-state index is 0.0906. The Morgan fingerprint density at radius 3 is 2.23 bits per heavy atom. The summed E-state index contributed by atoms with van der Waals surface area (Å²) in [7, 11) is 7.10. The van der Waals surface area contributed by atoms with Crippen LogP contribution in [0.25, 0.3) is 0 Å². The number of ether oxygens (including phenoxy) is 8. The van der Waals surface area contributed by atoms with Crippen molar-refractivity contribution in [2.75, 3.05) is 41.4 Å². The zero-order valence-corrected chi connectivity index (χ0v) is 40.8. The van der Waals surface area contributed by atoms with Crippen LogP contribution in [0.5, 0.6) is 0 Å². The van der Waals surface area contributed by atoms with Crippen molar-refractivity contribution < 1.29 is 67.9 Å². The number of esters is 1. The molecule has 2 bridgehead atoms. The summed E-state index contributed by atoms with van der Waals surface area (Å²) in [6, 6.07) is 8.70. The van der Waals surface area contributed by atoms with Crippen LogP contribution in [0.2, 0.25) is 0 Å². The lowest BCUT2D eigenvalue weighted by molar-refractivity contribution is -0.320. The Morgan fingerprint density at radius 2 is 1.62 bits per heavy atom. The zero-order chi connectivity index (χ0) is 47.7. The van der Waals surface area contributed by atoms with Gasteiger partial charge in [0.15, 0.2) is 18.4 Å². The number of likely N-dealkylation sites (N-methyl/N-ethyl adjacent to an activating group) is 2. The Bertz CT molecular complexity index is 1680. The number of hydrogen-bond acceptors (Lipinski definition) is 16. The maximum atomic E-state index is 15.0. The molecule has 4 fully saturated rings. The lowest BCUT2D eigenvalue weighted by atomic mass is 9.71. The molecule has 4 aliphatic rings. The van der Waals surface area contributed by atoms with Gasteiger partial charge in [-0.2, -0.15) is 0 Å². The standard InChI is InChI=1S/C48H80N2O14/c1-15-36-47(10,56)42-31(6)50(13)26-48(64-42,35(51)25-58-24-33-19-17-16-18-20-33)27(2)22-45(8,55)41(63-44-38(52)34(49(11)12)21-28(3)59-44)29(4)39(30(5)43(54)61-36)62-37-23-46(9,57-14)40(53)32(7)60-37/h16-20,27-32,34,36-42,44,52-53,55-56H,15,21-26H2,1-14H3/t27-,28-,29+,30-,31-,32+,34+,36-,37+,38-,39+,40+,41-,42-,44+,45-,46-,47-,48?/m1/s1. The Morgan fingerprint density at radius 1 is 0.969 bits per heavy atom. The Balaban J connectivity index is 1.65. The smallest absolute Gasteiger partial charge is 0.311 e. The van der Waals surface area contributed by atoms with Gasteiger partial charge in [-0.3, -0.25) is 14.5 Å². The molecule has 16 nitrogen and oxygen atoms in total. The van der Waals surface area contributed by atoms with Crippen LogP contribution in [0.4, 0.5) is 0 Å². The van der Waals surface area contributed by atoms with Crippen molar-refractivity contribution >= 4 is 11.8 Å². The van der Waals surface area contributed by atoms with Crippen LogP contribution >= 0.6 is 0 Å². The predicted molar refractivity (Wildman–Crippen MR) is 237 cm³/mol. The molecular weight excluding hydrogens is 829 g/mol. The van der Waals surface area contributed by atoms with E-state index in [1.165, 1.54) is 7.11 Å². The number of fused-ring (bicyclic) bond motifs is 2.